The van der Waals surface area contributed by atoms with Crippen LogP contribution in [0.5, 0.6) is 0 Å². The standard InChI is InChI=1S/C19H23N5O3/c1-11-9-20-17(22-11)10-21-18(26)12-2-7-16-15(8-12)23-19(27)24(16)13-3-5-14(25)6-4-13/h2,7-9,13-14,25H,3-6,10H2,1H3,(H,20,22)(H,21,26)(H,23,27). The van der Waals surface area contributed by atoms with E-state index in [1.807, 2.05) is 13.0 Å². The molecule has 4 N–H and O–H groups in total. The number of H-pyrrole nitrogens is 2. The van der Waals surface area contributed by atoms with E-state index in [1.54, 1.807) is 22.9 Å². The van der Waals surface area contributed by atoms with Gasteiger partial charge in [-0.15, -0.1) is 0 Å². The van der Waals surface area contributed by atoms with Gasteiger partial charge in [-0.3, -0.25) is 9.36 Å². The van der Waals surface area contributed by atoms with Gasteiger partial charge in [0.05, 0.1) is 23.7 Å². The van der Waals surface area contributed by atoms with Gasteiger partial charge in [0, 0.05) is 23.5 Å². The van der Waals surface area contributed by atoms with Crippen molar-refractivity contribution < 1.29 is 9.90 Å². The zero-order valence-corrected chi connectivity index (χ0v) is 15.2. The molecule has 0 saturated heterocycles. The molecular weight excluding hydrogens is 346 g/mol. The molecule has 3 aromatic rings. The van der Waals surface area contributed by atoms with Crippen LogP contribution in [-0.4, -0.2) is 36.6 Å². The van der Waals surface area contributed by atoms with Crippen LogP contribution in [0, 0.1) is 6.92 Å². The molecule has 0 spiro atoms. The first-order valence-corrected chi connectivity index (χ1v) is 9.22. The van der Waals surface area contributed by atoms with E-state index in [1.165, 1.54) is 0 Å². The maximum absolute atomic E-state index is 12.4. The van der Waals surface area contributed by atoms with Crippen molar-refractivity contribution in [3.8, 4) is 0 Å². The minimum atomic E-state index is -0.268. The lowest BCUT2D eigenvalue weighted by atomic mass is 9.93. The lowest BCUT2D eigenvalue weighted by Crippen LogP contribution is -2.27. The van der Waals surface area contributed by atoms with Gasteiger partial charge in [-0.2, -0.15) is 0 Å². The zero-order chi connectivity index (χ0) is 19.0. The fourth-order valence-electron chi connectivity index (χ4n) is 3.77. The number of nitrogens with zero attached hydrogens (tertiary/aromatic N) is 2. The normalized spacial score (nSPS) is 20.1. The second-order valence-electron chi connectivity index (χ2n) is 7.19. The summed E-state index contributed by atoms with van der Waals surface area (Å²) in [5.41, 5.74) is 2.69. The highest BCUT2D eigenvalue weighted by Crippen LogP contribution is 2.29. The lowest BCUT2D eigenvalue weighted by Gasteiger charge is -2.26. The summed E-state index contributed by atoms with van der Waals surface area (Å²) < 4.78 is 1.76. The van der Waals surface area contributed by atoms with Crippen LogP contribution >= 0.6 is 0 Å². The van der Waals surface area contributed by atoms with Crippen molar-refractivity contribution in [2.24, 2.45) is 0 Å². The van der Waals surface area contributed by atoms with E-state index >= 15 is 0 Å². The Bertz CT molecular complexity index is 1020. The summed E-state index contributed by atoms with van der Waals surface area (Å²) in [6, 6.07) is 5.32. The minimum Gasteiger partial charge on any atom is -0.393 e. The number of hydrogen-bond acceptors (Lipinski definition) is 4. The lowest BCUT2D eigenvalue weighted by molar-refractivity contribution is 0.0950. The molecule has 27 heavy (non-hydrogen) atoms. The summed E-state index contributed by atoms with van der Waals surface area (Å²) >= 11 is 0. The van der Waals surface area contributed by atoms with Gasteiger partial charge in [-0.05, 0) is 50.8 Å². The number of aliphatic hydroxyl groups excluding tert-OH is 1. The average molecular weight is 369 g/mol. The summed E-state index contributed by atoms with van der Waals surface area (Å²) in [7, 11) is 0. The molecule has 2 aromatic heterocycles. The predicted octanol–water partition coefficient (Wildman–Crippen LogP) is 1.77. The Kier molecular flexibility index (Phi) is 4.57. The van der Waals surface area contributed by atoms with Crippen LogP contribution in [0.1, 0.15) is 53.6 Å². The van der Waals surface area contributed by atoms with E-state index < -0.39 is 0 Å². The third-order valence-electron chi connectivity index (χ3n) is 5.18. The first-order chi connectivity index (χ1) is 13.0. The summed E-state index contributed by atoms with van der Waals surface area (Å²) in [6.45, 7) is 2.22. The molecule has 1 fully saturated rings. The number of aromatic amines is 2. The number of hydrogen-bond donors (Lipinski definition) is 4. The predicted molar refractivity (Wildman–Crippen MR) is 101 cm³/mol. The Morgan fingerprint density at radius 1 is 1.30 bits per heavy atom. The van der Waals surface area contributed by atoms with Crippen molar-refractivity contribution in [3.05, 3.63) is 52.0 Å². The highest BCUT2D eigenvalue weighted by atomic mass is 16.3. The molecule has 2 heterocycles. The Balaban J connectivity index is 1.54. The van der Waals surface area contributed by atoms with E-state index in [2.05, 4.69) is 20.3 Å². The van der Waals surface area contributed by atoms with Gasteiger partial charge in [0.15, 0.2) is 0 Å². The number of fused-ring (bicyclic) bond motifs is 1. The van der Waals surface area contributed by atoms with E-state index in [4.69, 9.17) is 0 Å². The second kappa shape index (κ2) is 7.03. The number of imidazole rings is 2. The fraction of sp³-hybridized carbons (Fsp3) is 0.421. The van der Waals surface area contributed by atoms with Crippen molar-refractivity contribution in [1.82, 2.24) is 24.8 Å². The number of aliphatic hydroxyl groups is 1. The number of nitrogens with one attached hydrogen (secondary N) is 3. The van der Waals surface area contributed by atoms with Crippen LogP contribution < -0.4 is 11.0 Å². The van der Waals surface area contributed by atoms with E-state index in [9.17, 15) is 14.7 Å². The van der Waals surface area contributed by atoms with Crippen LogP contribution in [0.3, 0.4) is 0 Å². The van der Waals surface area contributed by atoms with Gasteiger partial charge in [0.2, 0.25) is 0 Å². The molecule has 0 aliphatic heterocycles. The average Bonchev–Trinajstić information content (AvgIpc) is 3.22. The molecule has 1 aliphatic carbocycles. The van der Waals surface area contributed by atoms with Crippen molar-refractivity contribution in [3.63, 3.8) is 0 Å². The molecule has 1 amide bonds. The third-order valence-corrected chi connectivity index (χ3v) is 5.18. The molecule has 8 heteroatoms. The summed E-state index contributed by atoms with van der Waals surface area (Å²) in [4.78, 5) is 35.0. The molecular formula is C19H23N5O3. The Morgan fingerprint density at radius 2 is 2.07 bits per heavy atom. The topological polar surface area (TPSA) is 116 Å². The van der Waals surface area contributed by atoms with Crippen molar-refractivity contribution >= 4 is 16.9 Å². The third kappa shape index (κ3) is 3.52. The van der Waals surface area contributed by atoms with Crippen molar-refractivity contribution in [1.29, 1.82) is 0 Å². The second-order valence-corrected chi connectivity index (χ2v) is 7.19. The van der Waals surface area contributed by atoms with Gasteiger partial charge in [0.25, 0.3) is 5.91 Å². The smallest absolute Gasteiger partial charge is 0.326 e. The van der Waals surface area contributed by atoms with Crippen LogP contribution in [0.25, 0.3) is 11.0 Å². The first kappa shape index (κ1) is 17.5. The number of aryl methyl sites for hydroxylation is 1. The van der Waals surface area contributed by atoms with Gasteiger partial charge in [0.1, 0.15) is 5.82 Å². The Hall–Kier alpha value is -2.87. The molecule has 1 aliphatic rings. The number of carbonyl (C=O) groups is 1. The van der Waals surface area contributed by atoms with Crippen LogP contribution in [0.15, 0.2) is 29.2 Å². The van der Waals surface area contributed by atoms with Gasteiger partial charge in [-0.25, -0.2) is 9.78 Å². The Labute approximate surface area is 155 Å². The largest absolute Gasteiger partial charge is 0.393 e. The summed E-state index contributed by atoms with van der Waals surface area (Å²) in [6.07, 6.45) is 4.41. The van der Waals surface area contributed by atoms with Crippen LogP contribution in [0.2, 0.25) is 0 Å². The fourth-order valence-corrected chi connectivity index (χ4v) is 3.77. The highest BCUT2D eigenvalue weighted by Gasteiger charge is 2.24. The molecule has 4 rings (SSSR count). The Morgan fingerprint density at radius 3 is 2.78 bits per heavy atom. The molecule has 0 atom stereocenters. The molecule has 142 valence electrons. The minimum absolute atomic E-state index is 0.0801. The first-order valence-electron chi connectivity index (χ1n) is 9.22. The molecule has 1 saturated carbocycles. The maximum atomic E-state index is 12.4. The quantitative estimate of drug-likeness (QED) is 0.561. The van der Waals surface area contributed by atoms with Crippen molar-refractivity contribution in [2.75, 3.05) is 0 Å². The number of rotatable bonds is 4. The summed E-state index contributed by atoms with van der Waals surface area (Å²) in [5, 5.41) is 12.5. The molecule has 0 radical (unpaired) electrons. The monoisotopic (exact) mass is 369 g/mol. The number of benzene rings is 1. The zero-order valence-electron chi connectivity index (χ0n) is 15.2. The van der Waals surface area contributed by atoms with Gasteiger partial charge in [-0.1, -0.05) is 0 Å². The van der Waals surface area contributed by atoms with Crippen LogP contribution in [-0.2, 0) is 6.54 Å². The highest BCUT2D eigenvalue weighted by molar-refractivity contribution is 5.97. The van der Waals surface area contributed by atoms with E-state index in [-0.39, 0.29) is 23.7 Å². The number of carbonyl (C=O) groups excluding carboxylic acids is 1. The van der Waals surface area contributed by atoms with Crippen LogP contribution in [0.4, 0.5) is 0 Å². The molecule has 0 unspecified atom stereocenters. The van der Waals surface area contributed by atoms with Gasteiger partial charge < -0.3 is 20.4 Å². The van der Waals surface area contributed by atoms with Gasteiger partial charge >= 0.3 is 5.69 Å². The van der Waals surface area contributed by atoms with E-state index in [0.717, 1.165) is 24.1 Å². The number of amides is 1. The van der Waals surface area contributed by atoms with Crippen molar-refractivity contribution in [2.45, 2.75) is 51.3 Å². The van der Waals surface area contributed by atoms with E-state index in [0.29, 0.717) is 36.3 Å². The summed E-state index contributed by atoms with van der Waals surface area (Å²) in [5.74, 6) is 0.473. The molecule has 0 bridgehead atoms. The molecule has 8 nitrogen and oxygen atoms in total. The maximum Gasteiger partial charge on any atom is 0.326 e. The molecule has 1 aromatic carbocycles. The number of aromatic nitrogens is 4. The SMILES string of the molecule is Cc1cnc(CNC(=O)c2ccc3c(c2)[nH]c(=O)n3C2CCC(O)CC2)[nH]1.